The predicted octanol–water partition coefficient (Wildman–Crippen LogP) is 3.74. The maximum absolute atomic E-state index is 13.2. The summed E-state index contributed by atoms with van der Waals surface area (Å²) >= 11 is 0.827. The minimum Gasteiger partial charge on any atom is -0.350 e. The van der Waals surface area contributed by atoms with Crippen LogP contribution < -0.4 is 5.32 Å². The second kappa shape index (κ2) is 8.35. The molecule has 0 radical (unpaired) electrons. The Morgan fingerprint density at radius 2 is 1.75 bits per heavy atom. The summed E-state index contributed by atoms with van der Waals surface area (Å²) < 4.78 is 26.4. The van der Waals surface area contributed by atoms with Gasteiger partial charge >= 0.3 is 0 Å². The number of nitrogens with zero attached hydrogens (tertiary/aromatic N) is 1. The zero-order chi connectivity index (χ0) is 20.3. The molecule has 1 heterocycles. The van der Waals surface area contributed by atoms with E-state index in [1.165, 1.54) is 0 Å². The van der Waals surface area contributed by atoms with E-state index in [1.54, 1.807) is 6.08 Å². The molecule has 144 valence electrons. The van der Waals surface area contributed by atoms with Gasteiger partial charge in [-0.15, -0.1) is 0 Å². The lowest BCUT2D eigenvalue weighted by Gasteiger charge is -2.13. The summed E-state index contributed by atoms with van der Waals surface area (Å²) in [6.07, 6.45) is 1.64. The van der Waals surface area contributed by atoms with Crippen molar-refractivity contribution in [3.8, 4) is 0 Å². The standard InChI is InChI=1S/C20H16F2N2O3S/c1-12-2-4-13(5-3-12)8-17-19(26)24(20(27)28-17)7-6-23-18(25)14-9-15(21)11-16(22)10-14/h2-5,8-11H,6-7H2,1H3,(H,23,25). The average molecular weight is 402 g/mol. The van der Waals surface area contributed by atoms with E-state index in [9.17, 15) is 23.2 Å². The summed E-state index contributed by atoms with van der Waals surface area (Å²) in [6.45, 7) is 1.87. The number of benzene rings is 2. The molecule has 1 N–H and O–H groups in total. The van der Waals surface area contributed by atoms with E-state index in [1.807, 2.05) is 31.2 Å². The fraction of sp³-hybridized carbons (Fsp3) is 0.150. The second-order valence-electron chi connectivity index (χ2n) is 6.16. The lowest BCUT2D eigenvalue weighted by atomic mass is 10.1. The van der Waals surface area contributed by atoms with Gasteiger partial charge in [-0.1, -0.05) is 29.8 Å². The zero-order valence-electron chi connectivity index (χ0n) is 14.9. The highest BCUT2D eigenvalue weighted by Crippen LogP contribution is 2.31. The number of hydrogen-bond donors (Lipinski definition) is 1. The van der Waals surface area contributed by atoms with E-state index in [4.69, 9.17) is 0 Å². The van der Waals surface area contributed by atoms with Gasteiger partial charge in [0.05, 0.1) is 4.91 Å². The third-order valence-corrected chi connectivity index (χ3v) is 4.90. The van der Waals surface area contributed by atoms with Gasteiger partial charge in [-0.2, -0.15) is 0 Å². The smallest absolute Gasteiger partial charge is 0.293 e. The van der Waals surface area contributed by atoms with Crippen molar-refractivity contribution in [2.75, 3.05) is 13.1 Å². The van der Waals surface area contributed by atoms with E-state index in [-0.39, 0.29) is 18.7 Å². The van der Waals surface area contributed by atoms with Gasteiger partial charge in [0.15, 0.2) is 0 Å². The molecule has 0 bridgehead atoms. The first-order chi connectivity index (χ1) is 13.3. The summed E-state index contributed by atoms with van der Waals surface area (Å²) in [4.78, 5) is 37.8. The van der Waals surface area contributed by atoms with Crippen LogP contribution in [-0.2, 0) is 4.79 Å². The molecule has 2 aromatic carbocycles. The van der Waals surface area contributed by atoms with Crippen molar-refractivity contribution in [2.45, 2.75) is 6.92 Å². The van der Waals surface area contributed by atoms with Crippen LogP contribution in [-0.4, -0.2) is 35.0 Å². The van der Waals surface area contributed by atoms with Crippen molar-refractivity contribution in [3.05, 3.63) is 75.7 Å². The molecule has 28 heavy (non-hydrogen) atoms. The van der Waals surface area contributed by atoms with Crippen LogP contribution in [0.1, 0.15) is 21.5 Å². The SMILES string of the molecule is Cc1ccc(C=C2SC(=O)N(CCNC(=O)c3cc(F)cc(F)c3)C2=O)cc1. The molecule has 0 aliphatic carbocycles. The molecule has 8 heteroatoms. The van der Waals surface area contributed by atoms with E-state index in [0.29, 0.717) is 11.0 Å². The molecule has 1 aliphatic heterocycles. The Balaban J connectivity index is 1.60. The fourth-order valence-corrected chi connectivity index (χ4v) is 3.44. The molecule has 0 spiro atoms. The first-order valence-corrected chi connectivity index (χ1v) is 9.21. The Morgan fingerprint density at radius 1 is 1.11 bits per heavy atom. The van der Waals surface area contributed by atoms with Gasteiger partial charge in [0.25, 0.3) is 17.1 Å². The van der Waals surface area contributed by atoms with E-state index in [2.05, 4.69) is 5.32 Å². The summed E-state index contributed by atoms with van der Waals surface area (Å²) in [5.41, 5.74) is 1.71. The van der Waals surface area contributed by atoms with Gasteiger partial charge in [0, 0.05) is 24.7 Å². The number of hydrogen-bond acceptors (Lipinski definition) is 4. The Bertz CT molecular complexity index is 954. The lowest BCUT2D eigenvalue weighted by molar-refractivity contribution is -0.122. The van der Waals surface area contributed by atoms with Crippen LogP contribution in [0.15, 0.2) is 47.4 Å². The van der Waals surface area contributed by atoms with Gasteiger partial charge in [-0.25, -0.2) is 8.78 Å². The summed E-state index contributed by atoms with van der Waals surface area (Å²) in [7, 11) is 0. The number of aryl methyl sites for hydroxylation is 1. The number of halogens is 2. The number of carbonyl (C=O) groups is 3. The first-order valence-electron chi connectivity index (χ1n) is 8.40. The summed E-state index contributed by atoms with van der Waals surface area (Å²) in [5, 5.41) is 2.01. The quantitative estimate of drug-likeness (QED) is 0.774. The van der Waals surface area contributed by atoms with Crippen LogP contribution in [0.2, 0.25) is 0 Å². The minimum atomic E-state index is -0.864. The third kappa shape index (κ3) is 4.64. The van der Waals surface area contributed by atoms with E-state index in [0.717, 1.165) is 39.9 Å². The van der Waals surface area contributed by atoms with Crippen LogP contribution in [0, 0.1) is 18.6 Å². The molecule has 5 nitrogen and oxygen atoms in total. The summed E-state index contributed by atoms with van der Waals surface area (Å²) in [6, 6.07) is 9.98. The predicted molar refractivity (Wildman–Crippen MR) is 103 cm³/mol. The largest absolute Gasteiger partial charge is 0.350 e. The Kier molecular flexibility index (Phi) is 5.89. The van der Waals surface area contributed by atoms with Gasteiger partial charge in [0.1, 0.15) is 11.6 Å². The monoisotopic (exact) mass is 402 g/mol. The van der Waals surface area contributed by atoms with Crippen molar-refractivity contribution in [1.82, 2.24) is 10.2 Å². The van der Waals surface area contributed by atoms with Crippen molar-refractivity contribution in [1.29, 1.82) is 0 Å². The Hall–Kier alpha value is -3.00. The van der Waals surface area contributed by atoms with Crippen LogP contribution in [0.3, 0.4) is 0 Å². The third-order valence-electron chi connectivity index (χ3n) is 3.99. The number of imide groups is 1. The van der Waals surface area contributed by atoms with Crippen LogP contribution in [0.4, 0.5) is 13.6 Å². The Morgan fingerprint density at radius 3 is 2.39 bits per heavy atom. The van der Waals surface area contributed by atoms with Crippen molar-refractivity contribution >= 4 is 34.9 Å². The lowest BCUT2D eigenvalue weighted by Crippen LogP contribution is -2.37. The molecular formula is C20H16F2N2O3S. The van der Waals surface area contributed by atoms with Gasteiger partial charge in [0.2, 0.25) is 0 Å². The van der Waals surface area contributed by atoms with Crippen molar-refractivity contribution in [2.24, 2.45) is 0 Å². The molecule has 3 rings (SSSR count). The van der Waals surface area contributed by atoms with Crippen LogP contribution in [0.25, 0.3) is 6.08 Å². The number of thioether (sulfide) groups is 1. The highest BCUT2D eigenvalue weighted by Gasteiger charge is 2.34. The van der Waals surface area contributed by atoms with Crippen molar-refractivity contribution in [3.63, 3.8) is 0 Å². The fourth-order valence-electron chi connectivity index (χ4n) is 2.58. The van der Waals surface area contributed by atoms with Gasteiger partial charge < -0.3 is 5.32 Å². The zero-order valence-corrected chi connectivity index (χ0v) is 15.7. The highest BCUT2D eigenvalue weighted by molar-refractivity contribution is 8.18. The van der Waals surface area contributed by atoms with E-state index < -0.39 is 28.7 Å². The molecule has 1 aliphatic rings. The topological polar surface area (TPSA) is 66.5 Å². The molecule has 2 aromatic rings. The molecule has 1 saturated heterocycles. The maximum atomic E-state index is 13.2. The summed E-state index contributed by atoms with van der Waals surface area (Å²) in [5.74, 6) is -2.86. The highest BCUT2D eigenvalue weighted by atomic mass is 32.2. The molecule has 3 amide bonds. The average Bonchev–Trinajstić information content (AvgIpc) is 2.90. The molecular weight excluding hydrogens is 386 g/mol. The van der Waals surface area contributed by atoms with E-state index >= 15 is 0 Å². The Labute approximate surface area is 164 Å². The number of amides is 3. The normalized spacial score (nSPS) is 15.4. The molecule has 0 atom stereocenters. The van der Waals surface area contributed by atoms with Gasteiger partial charge in [-0.05, 0) is 42.5 Å². The van der Waals surface area contributed by atoms with Gasteiger partial charge in [-0.3, -0.25) is 19.3 Å². The molecule has 1 fully saturated rings. The molecule has 0 unspecified atom stereocenters. The molecule has 0 aromatic heterocycles. The number of rotatable bonds is 5. The number of carbonyl (C=O) groups excluding carboxylic acids is 3. The van der Waals surface area contributed by atoms with Crippen molar-refractivity contribution < 1.29 is 23.2 Å². The minimum absolute atomic E-state index is 0.0349. The second-order valence-corrected chi connectivity index (χ2v) is 7.15. The molecule has 0 saturated carbocycles. The number of nitrogens with one attached hydrogen (secondary N) is 1. The van der Waals surface area contributed by atoms with Crippen LogP contribution in [0.5, 0.6) is 0 Å². The maximum Gasteiger partial charge on any atom is 0.293 e. The van der Waals surface area contributed by atoms with Crippen LogP contribution >= 0.6 is 11.8 Å². The first kappa shape index (κ1) is 19.8.